The molecule has 2 aromatic rings. The smallest absolute Gasteiger partial charge is 0.164 e. The molecule has 0 saturated heterocycles. The first kappa shape index (κ1) is 9.15. The molecule has 0 saturated carbocycles. The second-order valence-corrected chi connectivity index (χ2v) is 3.45. The maximum atomic E-state index is 5.83. The molecular weight excluding hydrogens is 200 g/mol. The Hall–Kier alpha value is -1.42. The number of aryl methyl sites for hydroxylation is 2. The highest BCUT2D eigenvalue weighted by Crippen LogP contribution is 2.16. The molecule has 0 unspecified atom stereocenters. The Morgan fingerprint density at radius 3 is 2.71 bits per heavy atom. The molecule has 0 radical (unpaired) electrons. The summed E-state index contributed by atoms with van der Waals surface area (Å²) in [5.74, 6) is 0.614. The van der Waals surface area contributed by atoms with Crippen molar-refractivity contribution in [1.82, 2.24) is 19.7 Å². The minimum absolute atomic E-state index is 0.455. The van der Waals surface area contributed by atoms with Gasteiger partial charge in [-0.15, -0.1) is 0 Å². The predicted octanol–water partition coefficient (Wildman–Crippen LogP) is 1.84. The zero-order valence-corrected chi connectivity index (χ0v) is 8.65. The van der Waals surface area contributed by atoms with E-state index in [0.29, 0.717) is 11.0 Å². The molecule has 72 valence electrons. The van der Waals surface area contributed by atoms with Crippen molar-refractivity contribution >= 4 is 11.6 Å². The van der Waals surface area contributed by atoms with Crippen LogP contribution < -0.4 is 0 Å². The fourth-order valence-corrected chi connectivity index (χ4v) is 1.43. The number of hydrogen-bond acceptors (Lipinski definition) is 3. The molecule has 0 aliphatic carbocycles. The Kier molecular flexibility index (Phi) is 2.21. The van der Waals surface area contributed by atoms with Gasteiger partial charge in [-0.2, -0.15) is 5.10 Å². The zero-order chi connectivity index (χ0) is 10.1. The summed E-state index contributed by atoms with van der Waals surface area (Å²) in [4.78, 5) is 8.39. The highest BCUT2D eigenvalue weighted by molar-refractivity contribution is 6.29. The third kappa shape index (κ3) is 1.75. The zero-order valence-electron chi connectivity index (χ0n) is 7.90. The van der Waals surface area contributed by atoms with Crippen LogP contribution in [0.25, 0.3) is 11.4 Å². The van der Waals surface area contributed by atoms with Gasteiger partial charge in [0.15, 0.2) is 5.82 Å². The van der Waals surface area contributed by atoms with Crippen molar-refractivity contribution in [2.45, 2.75) is 6.92 Å². The molecule has 0 amide bonds. The highest BCUT2D eigenvalue weighted by atomic mass is 35.5. The van der Waals surface area contributed by atoms with Gasteiger partial charge >= 0.3 is 0 Å². The standard InChI is InChI=1S/C9H9ClN4/c1-6-3-8(10)13-9(12-6)7-4-11-14(2)5-7/h3-5H,1-2H3. The van der Waals surface area contributed by atoms with Crippen molar-refractivity contribution in [2.24, 2.45) is 7.05 Å². The van der Waals surface area contributed by atoms with Crippen molar-refractivity contribution in [3.05, 3.63) is 29.3 Å². The molecule has 0 N–H and O–H groups in total. The van der Waals surface area contributed by atoms with Crippen molar-refractivity contribution < 1.29 is 0 Å². The highest BCUT2D eigenvalue weighted by Gasteiger charge is 2.05. The SMILES string of the molecule is Cc1cc(Cl)nc(-c2cnn(C)c2)n1. The third-order valence-electron chi connectivity index (χ3n) is 1.79. The van der Waals surface area contributed by atoms with E-state index in [9.17, 15) is 0 Å². The van der Waals surface area contributed by atoms with Gasteiger partial charge in [0.2, 0.25) is 0 Å². The molecule has 5 heteroatoms. The lowest BCUT2D eigenvalue weighted by Gasteiger charge is -1.98. The summed E-state index contributed by atoms with van der Waals surface area (Å²) in [6.45, 7) is 1.88. The maximum absolute atomic E-state index is 5.83. The lowest BCUT2D eigenvalue weighted by atomic mass is 10.3. The minimum Gasteiger partial charge on any atom is -0.275 e. The van der Waals surface area contributed by atoms with Crippen LogP contribution in [0, 0.1) is 6.92 Å². The molecule has 0 aliphatic rings. The number of nitrogens with zero attached hydrogens (tertiary/aromatic N) is 4. The average Bonchev–Trinajstić information content (AvgIpc) is 2.50. The fourth-order valence-electron chi connectivity index (χ4n) is 1.20. The first-order valence-electron chi connectivity index (χ1n) is 4.15. The number of rotatable bonds is 1. The van der Waals surface area contributed by atoms with E-state index < -0.39 is 0 Å². The topological polar surface area (TPSA) is 43.6 Å². The molecule has 4 nitrogen and oxygen atoms in total. The molecule has 0 spiro atoms. The fraction of sp³-hybridized carbons (Fsp3) is 0.222. The molecule has 0 aromatic carbocycles. The maximum Gasteiger partial charge on any atom is 0.164 e. The molecule has 2 aromatic heterocycles. The van der Waals surface area contributed by atoms with Gasteiger partial charge in [-0.1, -0.05) is 11.6 Å². The van der Waals surface area contributed by atoms with E-state index in [0.717, 1.165) is 11.3 Å². The van der Waals surface area contributed by atoms with Gasteiger partial charge in [-0.05, 0) is 13.0 Å². The van der Waals surface area contributed by atoms with Crippen molar-refractivity contribution in [2.75, 3.05) is 0 Å². The van der Waals surface area contributed by atoms with Crippen LogP contribution in [0.5, 0.6) is 0 Å². The van der Waals surface area contributed by atoms with Crippen molar-refractivity contribution in [3.8, 4) is 11.4 Å². The van der Waals surface area contributed by atoms with Crippen LogP contribution in [0.2, 0.25) is 5.15 Å². The molecule has 2 rings (SSSR count). The van der Waals surface area contributed by atoms with Crippen LogP contribution in [0.15, 0.2) is 18.5 Å². The number of hydrogen-bond donors (Lipinski definition) is 0. The molecule has 0 bridgehead atoms. The van der Waals surface area contributed by atoms with Gasteiger partial charge < -0.3 is 0 Å². The second-order valence-electron chi connectivity index (χ2n) is 3.06. The van der Waals surface area contributed by atoms with Crippen LogP contribution in [0.4, 0.5) is 0 Å². The quantitative estimate of drug-likeness (QED) is 0.672. The van der Waals surface area contributed by atoms with Crippen LogP contribution in [-0.4, -0.2) is 19.7 Å². The molecule has 0 aliphatic heterocycles. The predicted molar refractivity (Wildman–Crippen MR) is 54.0 cm³/mol. The van der Waals surface area contributed by atoms with E-state index in [1.165, 1.54) is 0 Å². The lowest BCUT2D eigenvalue weighted by Crippen LogP contribution is -1.91. The van der Waals surface area contributed by atoms with Crippen LogP contribution in [-0.2, 0) is 7.05 Å². The van der Waals surface area contributed by atoms with Crippen molar-refractivity contribution in [1.29, 1.82) is 0 Å². The number of aromatic nitrogens is 4. The third-order valence-corrected chi connectivity index (χ3v) is 1.98. The molecule has 0 atom stereocenters. The second kappa shape index (κ2) is 3.38. The first-order chi connectivity index (χ1) is 6.65. The summed E-state index contributed by atoms with van der Waals surface area (Å²) in [6, 6.07) is 1.72. The van der Waals surface area contributed by atoms with Crippen LogP contribution in [0.1, 0.15) is 5.69 Å². The van der Waals surface area contributed by atoms with E-state index in [-0.39, 0.29) is 0 Å². The summed E-state index contributed by atoms with van der Waals surface area (Å²) >= 11 is 5.83. The summed E-state index contributed by atoms with van der Waals surface area (Å²) in [7, 11) is 1.85. The van der Waals surface area contributed by atoms with E-state index in [2.05, 4.69) is 15.1 Å². The van der Waals surface area contributed by atoms with E-state index >= 15 is 0 Å². The Bertz CT molecular complexity index is 443. The van der Waals surface area contributed by atoms with Crippen LogP contribution in [0.3, 0.4) is 0 Å². The van der Waals surface area contributed by atoms with Gasteiger partial charge in [0.05, 0.1) is 11.8 Å². The Morgan fingerprint density at radius 1 is 1.36 bits per heavy atom. The van der Waals surface area contributed by atoms with Gasteiger partial charge in [0.25, 0.3) is 0 Å². The summed E-state index contributed by atoms with van der Waals surface area (Å²) in [5.41, 5.74) is 1.72. The Morgan fingerprint density at radius 2 is 2.14 bits per heavy atom. The Labute approximate surface area is 86.6 Å². The molecule has 0 fully saturated rings. The first-order valence-corrected chi connectivity index (χ1v) is 4.53. The molecule has 14 heavy (non-hydrogen) atoms. The van der Waals surface area contributed by atoms with Crippen LogP contribution >= 0.6 is 11.6 Å². The van der Waals surface area contributed by atoms with Gasteiger partial charge in [0.1, 0.15) is 5.15 Å². The summed E-state index contributed by atoms with van der Waals surface area (Å²) in [5, 5.41) is 4.50. The summed E-state index contributed by atoms with van der Waals surface area (Å²) < 4.78 is 1.70. The summed E-state index contributed by atoms with van der Waals surface area (Å²) in [6.07, 6.45) is 3.57. The normalized spacial score (nSPS) is 10.5. The van der Waals surface area contributed by atoms with E-state index in [1.54, 1.807) is 16.9 Å². The number of halogens is 1. The monoisotopic (exact) mass is 208 g/mol. The van der Waals surface area contributed by atoms with E-state index in [4.69, 9.17) is 11.6 Å². The van der Waals surface area contributed by atoms with Crippen molar-refractivity contribution in [3.63, 3.8) is 0 Å². The Balaban J connectivity index is 2.51. The van der Waals surface area contributed by atoms with Gasteiger partial charge in [-0.3, -0.25) is 4.68 Å². The molecule has 2 heterocycles. The largest absolute Gasteiger partial charge is 0.275 e. The van der Waals surface area contributed by atoms with Gasteiger partial charge in [0, 0.05) is 18.9 Å². The lowest BCUT2D eigenvalue weighted by molar-refractivity contribution is 0.768. The molecular formula is C9H9ClN4. The average molecular weight is 209 g/mol. The van der Waals surface area contributed by atoms with E-state index in [1.807, 2.05) is 20.2 Å². The minimum atomic E-state index is 0.455. The van der Waals surface area contributed by atoms with Gasteiger partial charge in [-0.25, -0.2) is 9.97 Å².